The number of hydrogen-bond acceptors (Lipinski definition) is 5. The first-order valence-corrected chi connectivity index (χ1v) is 13.2. The lowest BCUT2D eigenvalue weighted by atomic mass is 10.0. The summed E-state index contributed by atoms with van der Waals surface area (Å²) < 4.78 is 33.3. The van der Waals surface area contributed by atoms with E-state index in [9.17, 15) is 18.0 Å². The quantitative estimate of drug-likeness (QED) is 0.677. The third-order valence-electron chi connectivity index (χ3n) is 6.44. The number of carbonyl (C=O) groups excluding carboxylic acids is 2. The minimum absolute atomic E-state index is 0.00326. The molecule has 0 radical (unpaired) electrons. The average Bonchev–Trinajstić information content (AvgIpc) is 2.89. The highest BCUT2D eigenvalue weighted by atomic mass is 32.2. The van der Waals surface area contributed by atoms with Crippen LogP contribution in [0.25, 0.3) is 0 Å². The molecular formula is C25H31N3O5S. The number of aryl methyl sites for hydroxylation is 1. The second kappa shape index (κ2) is 10.7. The van der Waals surface area contributed by atoms with Crippen molar-refractivity contribution >= 4 is 21.8 Å². The predicted molar refractivity (Wildman–Crippen MR) is 128 cm³/mol. The molecule has 0 bridgehead atoms. The van der Waals surface area contributed by atoms with Crippen LogP contribution in [0.4, 0.5) is 0 Å². The van der Waals surface area contributed by atoms with Crippen molar-refractivity contribution in [2.75, 3.05) is 39.4 Å². The fourth-order valence-corrected chi connectivity index (χ4v) is 6.14. The van der Waals surface area contributed by atoms with E-state index >= 15 is 0 Å². The van der Waals surface area contributed by atoms with Gasteiger partial charge in [-0.05, 0) is 49.1 Å². The van der Waals surface area contributed by atoms with Gasteiger partial charge < -0.3 is 15.0 Å². The summed E-state index contributed by atoms with van der Waals surface area (Å²) >= 11 is 0. The van der Waals surface area contributed by atoms with Crippen LogP contribution >= 0.6 is 0 Å². The summed E-state index contributed by atoms with van der Waals surface area (Å²) in [5.41, 5.74) is 1.69. The predicted octanol–water partition coefficient (Wildman–Crippen LogP) is 2.30. The van der Waals surface area contributed by atoms with Crippen LogP contribution in [0.3, 0.4) is 0 Å². The average molecular weight is 486 g/mol. The molecule has 2 aliphatic rings. The summed E-state index contributed by atoms with van der Waals surface area (Å²) in [4.78, 5) is 27.6. The molecule has 2 aliphatic heterocycles. The first kappa shape index (κ1) is 24.4. The van der Waals surface area contributed by atoms with Gasteiger partial charge in [-0.3, -0.25) is 9.59 Å². The van der Waals surface area contributed by atoms with Gasteiger partial charge in [-0.1, -0.05) is 31.2 Å². The van der Waals surface area contributed by atoms with E-state index in [-0.39, 0.29) is 22.8 Å². The molecule has 2 heterocycles. The van der Waals surface area contributed by atoms with Crippen molar-refractivity contribution in [1.29, 1.82) is 0 Å². The number of piperidine rings is 1. The van der Waals surface area contributed by atoms with E-state index in [0.717, 1.165) is 0 Å². The van der Waals surface area contributed by atoms with Crippen LogP contribution in [-0.4, -0.2) is 74.9 Å². The molecule has 0 spiro atoms. The highest BCUT2D eigenvalue weighted by molar-refractivity contribution is 7.89. The zero-order valence-electron chi connectivity index (χ0n) is 19.4. The summed E-state index contributed by atoms with van der Waals surface area (Å²) in [5, 5.41) is 3.04. The zero-order chi connectivity index (χ0) is 24.1. The fraction of sp³-hybridized carbons (Fsp3) is 0.440. The van der Waals surface area contributed by atoms with E-state index in [1.54, 1.807) is 29.2 Å². The van der Waals surface area contributed by atoms with Crippen LogP contribution < -0.4 is 5.32 Å². The van der Waals surface area contributed by atoms with E-state index in [1.165, 1.54) is 10.4 Å². The number of benzene rings is 2. The Labute approximate surface area is 200 Å². The van der Waals surface area contributed by atoms with Gasteiger partial charge in [0.2, 0.25) is 10.0 Å². The molecule has 0 atom stereocenters. The Bertz CT molecular complexity index is 1120. The first-order chi connectivity index (χ1) is 16.4. The molecule has 2 amide bonds. The number of amides is 2. The molecule has 2 aromatic rings. The Morgan fingerprint density at radius 3 is 2.29 bits per heavy atom. The molecule has 182 valence electrons. The molecule has 0 aromatic heterocycles. The highest BCUT2D eigenvalue weighted by Gasteiger charge is 2.30. The summed E-state index contributed by atoms with van der Waals surface area (Å²) in [6.07, 6.45) is 1.85. The Kier molecular flexibility index (Phi) is 7.65. The molecule has 2 aromatic carbocycles. The van der Waals surface area contributed by atoms with Gasteiger partial charge in [0.15, 0.2) is 0 Å². The van der Waals surface area contributed by atoms with Crippen molar-refractivity contribution in [2.24, 2.45) is 0 Å². The summed E-state index contributed by atoms with van der Waals surface area (Å²) in [6.45, 7) is 4.27. The van der Waals surface area contributed by atoms with Crippen LogP contribution in [0.2, 0.25) is 0 Å². The largest absolute Gasteiger partial charge is 0.379 e. The molecule has 1 N–H and O–H groups in total. The molecule has 9 heteroatoms. The van der Waals surface area contributed by atoms with E-state index < -0.39 is 10.0 Å². The maximum absolute atomic E-state index is 13.3. The van der Waals surface area contributed by atoms with Crippen molar-refractivity contribution in [3.8, 4) is 0 Å². The van der Waals surface area contributed by atoms with Crippen LogP contribution in [0.15, 0.2) is 53.4 Å². The summed E-state index contributed by atoms with van der Waals surface area (Å²) in [5.74, 6) is -0.299. The topological polar surface area (TPSA) is 96.0 Å². The SMILES string of the molecule is CCc1ccc(C(=O)N2CCC(NC(=O)c3ccccc3)CC2)cc1S(=O)(=O)N1CCOCC1. The minimum atomic E-state index is -3.71. The Morgan fingerprint density at radius 1 is 0.971 bits per heavy atom. The van der Waals surface area contributed by atoms with Gasteiger partial charge in [0.05, 0.1) is 18.1 Å². The molecule has 2 saturated heterocycles. The Hall–Kier alpha value is -2.75. The molecule has 2 fully saturated rings. The standard InChI is InChI=1S/C25H31N3O5S/c1-2-19-8-9-21(18-23(19)34(31,32)28-14-16-33-17-15-28)25(30)27-12-10-22(11-13-27)26-24(29)20-6-4-3-5-7-20/h3-9,18,22H,2,10-17H2,1H3,(H,26,29). The van der Waals surface area contributed by atoms with Crippen molar-refractivity contribution in [3.63, 3.8) is 0 Å². The molecule has 0 saturated carbocycles. The van der Waals surface area contributed by atoms with Crippen molar-refractivity contribution in [1.82, 2.24) is 14.5 Å². The lowest BCUT2D eigenvalue weighted by Crippen LogP contribution is -2.46. The number of hydrogen-bond donors (Lipinski definition) is 1. The number of nitrogens with zero attached hydrogens (tertiary/aromatic N) is 2. The maximum Gasteiger partial charge on any atom is 0.253 e. The van der Waals surface area contributed by atoms with Crippen molar-refractivity contribution in [2.45, 2.75) is 37.1 Å². The van der Waals surface area contributed by atoms with Gasteiger partial charge in [-0.25, -0.2) is 8.42 Å². The van der Waals surface area contributed by atoms with E-state index in [2.05, 4.69) is 5.32 Å². The molecule has 0 aliphatic carbocycles. The third kappa shape index (κ3) is 5.32. The lowest BCUT2D eigenvalue weighted by Gasteiger charge is -2.32. The maximum atomic E-state index is 13.3. The molecule has 8 nitrogen and oxygen atoms in total. The smallest absolute Gasteiger partial charge is 0.253 e. The van der Waals surface area contributed by atoms with E-state index in [1.807, 2.05) is 25.1 Å². The number of nitrogens with one attached hydrogen (secondary N) is 1. The van der Waals surface area contributed by atoms with E-state index in [4.69, 9.17) is 4.74 Å². The number of morpholine rings is 1. The molecule has 0 unspecified atom stereocenters. The van der Waals surface area contributed by atoms with Gasteiger partial charge in [0.25, 0.3) is 11.8 Å². The normalized spacial score (nSPS) is 18.0. The number of likely N-dealkylation sites (tertiary alicyclic amines) is 1. The van der Waals surface area contributed by atoms with E-state index in [0.29, 0.717) is 75.3 Å². The molecule has 4 rings (SSSR count). The number of ether oxygens (including phenoxy) is 1. The molecule has 34 heavy (non-hydrogen) atoms. The third-order valence-corrected chi connectivity index (χ3v) is 8.42. The summed E-state index contributed by atoms with van der Waals surface area (Å²) in [6, 6.07) is 14.0. The summed E-state index contributed by atoms with van der Waals surface area (Å²) in [7, 11) is -3.71. The van der Waals surface area contributed by atoms with Gasteiger partial charge in [-0.15, -0.1) is 0 Å². The van der Waals surface area contributed by atoms with Crippen LogP contribution in [0.5, 0.6) is 0 Å². The van der Waals surface area contributed by atoms with Gasteiger partial charge >= 0.3 is 0 Å². The monoisotopic (exact) mass is 485 g/mol. The van der Waals surface area contributed by atoms with Gasteiger partial charge in [-0.2, -0.15) is 4.31 Å². The first-order valence-electron chi connectivity index (χ1n) is 11.8. The minimum Gasteiger partial charge on any atom is -0.379 e. The van der Waals surface area contributed by atoms with Crippen LogP contribution in [-0.2, 0) is 21.2 Å². The van der Waals surface area contributed by atoms with Crippen molar-refractivity contribution < 1.29 is 22.7 Å². The second-order valence-electron chi connectivity index (χ2n) is 8.60. The highest BCUT2D eigenvalue weighted by Crippen LogP contribution is 2.25. The van der Waals surface area contributed by atoms with Crippen LogP contribution in [0, 0.1) is 0 Å². The fourth-order valence-electron chi connectivity index (χ4n) is 4.41. The van der Waals surface area contributed by atoms with Crippen molar-refractivity contribution in [3.05, 3.63) is 65.2 Å². The molecular weight excluding hydrogens is 454 g/mol. The Balaban J connectivity index is 1.43. The number of rotatable bonds is 6. The zero-order valence-corrected chi connectivity index (χ0v) is 20.2. The Morgan fingerprint density at radius 2 is 1.65 bits per heavy atom. The lowest BCUT2D eigenvalue weighted by molar-refractivity contribution is 0.0697. The van der Waals surface area contributed by atoms with Crippen LogP contribution in [0.1, 0.15) is 46.0 Å². The van der Waals surface area contributed by atoms with Gasteiger partial charge in [0, 0.05) is 43.3 Å². The van der Waals surface area contributed by atoms with Gasteiger partial charge in [0.1, 0.15) is 0 Å². The number of carbonyl (C=O) groups is 2. The number of sulfonamides is 1. The second-order valence-corrected chi connectivity index (χ2v) is 10.5.